The van der Waals surface area contributed by atoms with E-state index in [4.69, 9.17) is 5.11 Å². The molecule has 3 heteroatoms. The fourth-order valence-corrected chi connectivity index (χ4v) is 3.46. The molecule has 0 aliphatic rings. The first-order chi connectivity index (χ1) is 13.7. The van der Waals surface area contributed by atoms with Crippen molar-refractivity contribution in [2.24, 2.45) is 0 Å². The van der Waals surface area contributed by atoms with Crippen molar-refractivity contribution >= 4 is 5.97 Å². The van der Waals surface area contributed by atoms with Gasteiger partial charge < -0.3 is 10.2 Å². The first-order valence-electron chi connectivity index (χ1n) is 11.8. The van der Waals surface area contributed by atoms with Crippen LogP contribution in [-0.4, -0.2) is 22.3 Å². The van der Waals surface area contributed by atoms with Gasteiger partial charge in [0.25, 0.3) is 0 Å². The molecule has 2 N–H and O–H groups in total. The van der Waals surface area contributed by atoms with Gasteiger partial charge in [0, 0.05) is 6.42 Å². The zero-order chi connectivity index (χ0) is 20.7. The van der Waals surface area contributed by atoms with Crippen LogP contribution in [0.5, 0.6) is 0 Å². The minimum absolute atomic E-state index is 0.168. The summed E-state index contributed by atoms with van der Waals surface area (Å²) in [5, 5.41) is 18.5. The molecule has 0 rings (SSSR count). The van der Waals surface area contributed by atoms with Gasteiger partial charge in [-0.3, -0.25) is 4.79 Å². The Hall–Kier alpha value is -1.09. The smallest absolute Gasteiger partial charge is 0.303 e. The van der Waals surface area contributed by atoms with Crippen LogP contribution in [0, 0.1) is 0 Å². The normalized spacial score (nSPS) is 12.9. The Labute approximate surface area is 174 Å². The Morgan fingerprint density at radius 1 is 0.714 bits per heavy atom. The van der Waals surface area contributed by atoms with E-state index in [-0.39, 0.29) is 6.10 Å². The maximum Gasteiger partial charge on any atom is 0.303 e. The Balaban J connectivity index is 3.17. The molecule has 164 valence electrons. The largest absolute Gasteiger partial charge is 0.481 e. The van der Waals surface area contributed by atoms with E-state index in [1.165, 1.54) is 70.6 Å². The molecule has 1 unspecified atom stereocenters. The number of carboxylic acid groups (broad SMARTS) is 1. The van der Waals surface area contributed by atoms with Gasteiger partial charge in [-0.2, -0.15) is 0 Å². The fraction of sp³-hybridized carbons (Fsp3) is 0.800. The highest BCUT2D eigenvalue weighted by atomic mass is 16.4. The van der Waals surface area contributed by atoms with Gasteiger partial charge in [-0.15, -0.1) is 0 Å². The number of allylic oxidation sites excluding steroid dienone is 3. The molecule has 0 aromatic carbocycles. The summed E-state index contributed by atoms with van der Waals surface area (Å²) in [7, 11) is 0. The lowest BCUT2D eigenvalue weighted by molar-refractivity contribution is -0.137. The molecule has 3 nitrogen and oxygen atoms in total. The Morgan fingerprint density at radius 3 is 1.64 bits per heavy atom. The van der Waals surface area contributed by atoms with Gasteiger partial charge in [-0.05, 0) is 32.6 Å². The highest BCUT2D eigenvalue weighted by molar-refractivity contribution is 5.66. The highest BCUT2D eigenvalue weighted by Crippen LogP contribution is 2.14. The van der Waals surface area contributed by atoms with Crippen LogP contribution in [0.4, 0.5) is 0 Å². The summed E-state index contributed by atoms with van der Waals surface area (Å²) in [5.41, 5.74) is 0. The highest BCUT2D eigenvalue weighted by Gasteiger charge is 2.01. The summed E-state index contributed by atoms with van der Waals surface area (Å²) in [6.45, 7) is 2.03. The van der Waals surface area contributed by atoms with Gasteiger partial charge in [0.1, 0.15) is 0 Å². The summed E-state index contributed by atoms with van der Waals surface area (Å²) >= 11 is 0. The van der Waals surface area contributed by atoms with E-state index in [0.29, 0.717) is 6.42 Å². The number of hydrogen-bond donors (Lipinski definition) is 2. The number of unbranched alkanes of at least 4 members (excludes halogenated alkanes) is 13. The van der Waals surface area contributed by atoms with Crippen molar-refractivity contribution in [3.05, 3.63) is 24.3 Å². The molecule has 0 radical (unpaired) electrons. The number of carbonyl (C=O) groups is 1. The number of aliphatic carboxylic acids is 1. The van der Waals surface area contributed by atoms with Gasteiger partial charge in [-0.25, -0.2) is 0 Å². The van der Waals surface area contributed by atoms with Crippen LogP contribution < -0.4 is 0 Å². The van der Waals surface area contributed by atoms with Crippen LogP contribution in [0.2, 0.25) is 0 Å². The Kier molecular flexibility index (Phi) is 21.3. The zero-order valence-corrected chi connectivity index (χ0v) is 18.4. The first kappa shape index (κ1) is 26.9. The third-order valence-corrected chi connectivity index (χ3v) is 5.26. The van der Waals surface area contributed by atoms with E-state index in [2.05, 4.69) is 24.3 Å². The van der Waals surface area contributed by atoms with Crippen LogP contribution >= 0.6 is 0 Å². The standard InChI is InChI=1S/C25H46O3/c1-2-3-4-15-18-21-24(26)22-19-16-13-11-9-7-5-6-8-10-12-14-17-20-23-25(27)28/h2-3,15,18,24,26H,4-14,16-17,19-23H2,1H3,(H,27,28). The molecule has 0 heterocycles. The minimum Gasteiger partial charge on any atom is -0.481 e. The van der Waals surface area contributed by atoms with Crippen LogP contribution in [-0.2, 0) is 4.79 Å². The van der Waals surface area contributed by atoms with Crippen molar-refractivity contribution < 1.29 is 15.0 Å². The molecule has 0 aromatic rings. The summed E-state index contributed by atoms with van der Waals surface area (Å²) in [4.78, 5) is 10.4. The topological polar surface area (TPSA) is 57.5 Å². The predicted octanol–water partition coefficient (Wildman–Crippen LogP) is 7.59. The van der Waals surface area contributed by atoms with Crippen molar-refractivity contribution in [2.45, 2.75) is 129 Å². The molecule has 0 aromatic heterocycles. The summed E-state index contributed by atoms with van der Waals surface area (Å²) in [5.74, 6) is -0.666. The fourth-order valence-electron chi connectivity index (χ4n) is 3.46. The van der Waals surface area contributed by atoms with E-state index in [1.807, 2.05) is 6.92 Å². The lowest BCUT2D eigenvalue weighted by Gasteiger charge is -2.07. The molecular formula is C25H46O3. The third-order valence-electron chi connectivity index (χ3n) is 5.26. The predicted molar refractivity (Wildman–Crippen MR) is 121 cm³/mol. The van der Waals surface area contributed by atoms with Crippen LogP contribution in [0.3, 0.4) is 0 Å². The maximum atomic E-state index is 10.4. The second kappa shape index (κ2) is 22.2. The monoisotopic (exact) mass is 394 g/mol. The maximum absolute atomic E-state index is 10.4. The molecule has 0 spiro atoms. The van der Waals surface area contributed by atoms with Gasteiger partial charge in [0.05, 0.1) is 6.10 Å². The summed E-state index contributed by atoms with van der Waals surface area (Å²) < 4.78 is 0. The van der Waals surface area contributed by atoms with Gasteiger partial charge >= 0.3 is 5.97 Å². The van der Waals surface area contributed by atoms with E-state index in [9.17, 15) is 9.90 Å². The number of carboxylic acids is 1. The quantitative estimate of drug-likeness (QED) is 0.156. The van der Waals surface area contributed by atoms with Crippen molar-refractivity contribution in [2.75, 3.05) is 0 Å². The Morgan fingerprint density at radius 2 is 1.18 bits per heavy atom. The van der Waals surface area contributed by atoms with Crippen LogP contribution in [0.1, 0.15) is 122 Å². The molecule has 0 amide bonds. The number of hydrogen-bond acceptors (Lipinski definition) is 2. The molecule has 0 aliphatic carbocycles. The summed E-state index contributed by atoms with van der Waals surface area (Å²) in [6, 6.07) is 0. The SMILES string of the molecule is CC=CCC=CCC(O)CCCCCCCCCCCCCCCCC(=O)O. The lowest BCUT2D eigenvalue weighted by Crippen LogP contribution is -2.04. The van der Waals surface area contributed by atoms with Crippen molar-refractivity contribution in [3.63, 3.8) is 0 Å². The van der Waals surface area contributed by atoms with Crippen molar-refractivity contribution in [3.8, 4) is 0 Å². The minimum atomic E-state index is -0.666. The summed E-state index contributed by atoms with van der Waals surface area (Å²) in [6.07, 6.45) is 28.7. The van der Waals surface area contributed by atoms with E-state index < -0.39 is 5.97 Å². The molecule has 0 fully saturated rings. The van der Waals surface area contributed by atoms with Gasteiger partial charge in [0.2, 0.25) is 0 Å². The van der Waals surface area contributed by atoms with Crippen LogP contribution in [0.25, 0.3) is 0 Å². The van der Waals surface area contributed by atoms with Crippen molar-refractivity contribution in [1.29, 1.82) is 0 Å². The zero-order valence-electron chi connectivity index (χ0n) is 18.4. The average Bonchev–Trinajstić information content (AvgIpc) is 2.67. The van der Waals surface area contributed by atoms with Crippen molar-refractivity contribution in [1.82, 2.24) is 0 Å². The Bertz CT molecular complexity index is 387. The lowest BCUT2D eigenvalue weighted by atomic mass is 10.0. The van der Waals surface area contributed by atoms with Gasteiger partial charge in [-0.1, -0.05) is 108 Å². The molecule has 1 atom stereocenters. The average molecular weight is 395 g/mol. The molecule has 28 heavy (non-hydrogen) atoms. The second-order valence-electron chi connectivity index (χ2n) is 8.05. The molecule has 0 saturated heterocycles. The van der Waals surface area contributed by atoms with Crippen LogP contribution in [0.15, 0.2) is 24.3 Å². The molecular weight excluding hydrogens is 348 g/mol. The molecule has 0 bridgehead atoms. The number of rotatable bonds is 21. The van der Waals surface area contributed by atoms with Gasteiger partial charge in [0.15, 0.2) is 0 Å². The molecule has 0 aliphatic heterocycles. The van der Waals surface area contributed by atoms with E-state index in [1.54, 1.807) is 0 Å². The number of aliphatic hydroxyl groups excluding tert-OH is 1. The van der Waals surface area contributed by atoms with E-state index >= 15 is 0 Å². The third kappa shape index (κ3) is 23.0. The molecule has 0 saturated carbocycles. The second-order valence-corrected chi connectivity index (χ2v) is 8.05. The first-order valence-corrected chi connectivity index (χ1v) is 11.8. The van der Waals surface area contributed by atoms with E-state index in [0.717, 1.165) is 38.5 Å². The number of aliphatic hydroxyl groups is 1.